The Balaban J connectivity index is 2.37. The third-order valence-corrected chi connectivity index (χ3v) is 3.09. The van der Waals surface area contributed by atoms with Crippen LogP contribution in [0.25, 0.3) is 0 Å². The molecule has 0 aliphatic rings. The van der Waals surface area contributed by atoms with E-state index in [0.29, 0.717) is 24.3 Å². The predicted octanol–water partition coefficient (Wildman–Crippen LogP) is 3.50. The first-order chi connectivity index (χ1) is 9.13. The van der Waals surface area contributed by atoms with Crippen LogP contribution in [0.5, 0.6) is 0 Å². The maximum atomic E-state index is 14.1. The lowest BCUT2D eigenvalue weighted by molar-refractivity contribution is 0.199. The molecule has 1 unspecified atom stereocenters. The van der Waals surface area contributed by atoms with Crippen molar-refractivity contribution in [2.45, 2.75) is 26.5 Å². The van der Waals surface area contributed by atoms with Gasteiger partial charge in [0.05, 0.1) is 24.6 Å². The van der Waals surface area contributed by atoms with Crippen LogP contribution in [0.3, 0.4) is 0 Å². The van der Waals surface area contributed by atoms with Crippen LogP contribution in [-0.2, 0) is 6.54 Å². The minimum absolute atomic E-state index is 0.327. The summed E-state index contributed by atoms with van der Waals surface area (Å²) in [5.41, 5.74) is 1.03. The Hall–Kier alpha value is -1.81. The Bertz CT molecular complexity index is 523. The number of aliphatic hydroxyl groups is 1. The number of furan rings is 1. The highest BCUT2D eigenvalue weighted by Crippen LogP contribution is 2.30. The minimum atomic E-state index is -0.712. The number of aliphatic hydroxyl groups excluding tert-OH is 1. The molecule has 1 aromatic heterocycles. The highest BCUT2D eigenvalue weighted by molar-refractivity contribution is 5.55. The molecule has 102 valence electrons. The second-order valence-electron chi connectivity index (χ2n) is 4.45. The van der Waals surface area contributed by atoms with Gasteiger partial charge in [0, 0.05) is 12.1 Å². The van der Waals surface area contributed by atoms with Crippen LogP contribution >= 0.6 is 0 Å². The van der Waals surface area contributed by atoms with E-state index in [2.05, 4.69) is 0 Å². The molecule has 2 rings (SSSR count). The molecule has 4 heteroatoms. The third-order valence-electron chi connectivity index (χ3n) is 3.09. The van der Waals surface area contributed by atoms with E-state index in [9.17, 15) is 9.50 Å². The van der Waals surface area contributed by atoms with Crippen molar-refractivity contribution in [3.63, 3.8) is 0 Å². The second-order valence-corrected chi connectivity index (χ2v) is 4.45. The summed E-state index contributed by atoms with van der Waals surface area (Å²) >= 11 is 0. The molecule has 0 amide bonds. The number of halogens is 1. The van der Waals surface area contributed by atoms with E-state index in [-0.39, 0.29) is 5.82 Å². The normalized spacial score (nSPS) is 12.4. The van der Waals surface area contributed by atoms with Gasteiger partial charge >= 0.3 is 0 Å². The first-order valence-corrected chi connectivity index (χ1v) is 6.37. The number of benzene rings is 1. The average molecular weight is 263 g/mol. The molecule has 2 aromatic rings. The van der Waals surface area contributed by atoms with Gasteiger partial charge in [0.25, 0.3) is 0 Å². The van der Waals surface area contributed by atoms with Crippen LogP contribution in [0, 0.1) is 5.82 Å². The molecule has 0 fully saturated rings. The number of nitrogens with zero attached hydrogens (tertiary/aromatic N) is 1. The van der Waals surface area contributed by atoms with Gasteiger partial charge in [-0.25, -0.2) is 4.39 Å². The van der Waals surface area contributed by atoms with Gasteiger partial charge in [0.2, 0.25) is 0 Å². The SMILES string of the molecule is CCN(Cc1ccco1)c1c(F)cccc1C(C)O. The molecule has 0 spiro atoms. The van der Waals surface area contributed by atoms with Gasteiger partial charge in [-0.2, -0.15) is 0 Å². The van der Waals surface area contributed by atoms with E-state index in [1.54, 1.807) is 31.4 Å². The molecule has 0 radical (unpaired) electrons. The van der Waals surface area contributed by atoms with Crippen molar-refractivity contribution in [3.8, 4) is 0 Å². The highest BCUT2D eigenvalue weighted by atomic mass is 19.1. The Morgan fingerprint density at radius 1 is 1.32 bits per heavy atom. The van der Waals surface area contributed by atoms with Crippen molar-refractivity contribution >= 4 is 5.69 Å². The molecule has 19 heavy (non-hydrogen) atoms. The molecule has 0 bridgehead atoms. The van der Waals surface area contributed by atoms with Crippen LogP contribution in [0.15, 0.2) is 41.0 Å². The van der Waals surface area contributed by atoms with E-state index in [1.807, 2.05) is 17.9 Å². The standard InChI is InChI=1S/C15H18FNO2/c1-3-17(10-12-6-5-9-19-12)15-13(11(2)18)7-4-8-14(15)16/h4-9,11,18H,3,10H2,1-2H3. The molecule has 1 heterocycles. The predicted molar refractivity (Wildman–Crippen MR) is 72.5 cm³/mol. The molecular weight excluding hydrogens is 245 g/mol. The topological polar surface area (TPSA) is 36.6 Å². The van der Waals surface area contributed by atoms with Crippen LogP contribution in [0.4, 0.5) is 10.1 Å². The van der Waals surface area contributed by atoms with E-state index >= 15 is 0 Å². The molecule has 0 aliphatic heterocycles. The largest absolute Gasteiger partial charge is 0.467 e. The van der Waals surface area contributed by atoms with E-state index in [4.69, 9.17) is 4.42 Å². The summed E-state index contributed by atoms with van der Waals surface area (Å²) in [6, 6.07) is 8.42. The summed E-state index contributed by atoms with van der Waals surface area (Å²) in [5, 5.41) is 9.78. The third kappa shape index (κ3) is 2.96. The first kappa shape index (κ1) is 13.6. The van der Waals surface area contributed by atoms with Gasteiger partial charge < -0.3 is 14.4 Å². The number of hydrogen-bond donors (Lipinski definition) is 1. The molecule has 0 saturated heterocycles. The highest BCUT2D eigenvalue weighted by Gasteiger charge is 2.18. The van der Waals surface area contributed by atoms with Crippen molar-refractivity contribution in [3.05, 3.63) is 53.7 Å². The van der Waals surface area contributed by atoms with E-state index in [1.165, 1.54) is 6.07 Å². The average Bonchev–Trinajstić information content (AvgIpc) is 2.89. The van der Waals surface area contributed by atoms with Crippen LogP contribution < -0.4 is 4.90 Å². The van der Waals surface area contributed by atoms with Gasteiger partial charge in [-0.3, -0.25) is 0 Å². The Labute approximate surface area is 112 Å². The van der Waals surface area contributed by atoms with Gasteiger partial charge in [-0.15, -0.1) is 0 Å². The van der Waals surface area contributed by atoms with Crippen LogP contribution in [0.2, 0.25) is 0 Å². The summed E-state index contributed by atoms with van der Waals surface area (Å²) in [6.07, 6.45) is 0.886. The molecule has 3 nitrogen and oxygen atoms in total. The molecule has 0 saturated carbocycles. The van der Waals surface area contributed by atoms with Gasteiger partial charge in [-0.1, -0.05) is 12.1 Å². The maximum Gasteiger partial charge on any atom is 0.146 e. The zero-order chi connectivity index (χ0) is 13.8. The van der Waals surface area contributed by atoms with Gasteiger partial charge in [0.1, 0.15) is 11.6 Å². The molecular formula is C15H18FNO2. The maximum absolute atomic E-state index is 14.1. The Kier molecular flexibility index (Phi) is 4.22. The molecule has 0 aliphatic carbocycles. The quantitative estimate of drug-likeness (QED) is 0.897. The van der Waals surface area contributed by atoms with Crippen LogP contribution in [0.1, 0.15) is 31.3 Å². The van der Waals surface area contributed by atoms with Crippen molar-refractivity contribution < 1.29 is 13.9 Å². The lowest BCUT2D eigenvalue weighted by Crippen LogP contribution is -2.24. The van der Waals surface area contributed by atoms with Crippen molar-refractivity contribution in [1.29, 1.82) is 0 Å². The lowest BCUT2D eigenvalue weighted by Gasteiger charge is -2.26. The monoisotopic (exact) mass is 263 g/mol. The number of anilines is 1. The smallest absolute Gasteiger partial charge is 0.146 e. The molecule has 1 N–H and O–H groups in total. The van der Waals surface area contributed by atoms with Crippen molar-refractivity contribution in [2.75, 3.05) is 11.4 Å². The van der Waals surface area contributed by atoms with Crippen molar-refractivity contribution in [2.24, 2.45) is 0 Å². The molecule has 1 atom stereocenters. The van der Waals surface area contributed by atoms with E-state index in [0.717, 1.165) is 5.76 Å². The second kappa shape index (κ2) is 5.89. The fourth-order valence-corrected chi connectivity index (χ4v) is 2.14. The number of hydrogen-bond acceptors (Lipinski definition) is 3. The van der Waals surface area contributed by atoms with Gasteiger partial charge in [-0.05, 0) is 32.0 Å². The summed E-state index contributed by atoms with van der Waals surface area (Å²) in [6.45, 7) is 4.69. The van der Waals surface area contributed by atoms with E-state index < -0.39 is 6.10 Å². The Morgan fingerprint density at radius 2 is 2.11 bits per heavy atom. The number of rotatable bonds is 5. The summed E-state index contributed by atoms with van der Waals surface area (Å²) < 4.78 is 19.4. The summed E-state index contributed by atoms with van der Waals surface area (Å²) in [7, 11) is 0. The number of para-hydroxylation sites is 1. The zero-order valence-corrected chi connectivity index (χ0v) is 11.1. The first-order valence-electron chi connectivity index (χ1n) is 6.37. The van der Waals surface area contributed by atoms with Crippen molar-refractivity contribution in [1.82, 2.24) is 0 Å². The Morgan fingerprint density at radius 3 is 2.68 bits per heavy atom. The summed E-state index contributed by atoms with van der Waals surface area (Å²) in [5.74, 6) is 0.438. The minimum Gasteiger partial charge on any atom is -0.467 e. The van der Waals surface area contributed by atoms with Gasteiger partial charge in [0.15, 0.2) is 0 Å². The van der Waals surface area contributed by atoms with Crippen LogP contribution in [-0.4, -0.2) is 11.7 Å². The fraction of sp³-hybridized carbons (Fsp3) is 0.333. The fourth-order valence-electron chi connectivity index (χ4n) is 2.14. The molecule has 1 aromatic carbocycles. The zero-order valence-electron chi connectivity index (χ0n) is 11.1. The lowest BCUT2D eigenvalue weighted by atomic mass is 10.1. The summed E-state index contributed by atoms with van der Waals surface area (Å²) in [4.78, 5) is 1.86.